The van der Waals surface area contributed by atoms with E-state index >= 15 is 0 Å². The molecule has 4 heteroatoms. The van der Waals surface area contributed by atoms with Gasteiger partial charge in [-0.15, -0.1) is 0 Å². The van der Waals surface area contributed by atoms with E-state index in [1.54, 1.807) is 0 Å². The maximum Gasteiger partial charge on any atom is 0.258 e. The third-order valence-electron chi connectivity index (χ3n) is 4.05. The maximum absolute atomic E-state index is 12.6. The molecule has 120 valence electrons. The minimum atomic E-state index is -0.555. The molecule has 0 spiro atoms. The highest BCUT2D eigenvalue weighted by molar-refractivity contribution is 5.95. The molecule has 1 heterocycles. The molecule has 1 amide bonds. The first kappa shape index (κ1) is 15.7. The van der Waals surface area contributed by atoms with E-state index in [0.29, 0.717) is 6.61 Å². The largest absolute Gasteiger partial charge is 0.396 e. The monoisotopic (exact) mass is 311 g/mol. The lowest BCUT2D eigenvalue weighted by Gasteiger charge is -2.25. The van der Waals surface area contributed by atoms with E-state index in [0.717, 1.165) is 36.1 Å². The number of aliphatic hydroxyl groups is 1. The number of nitrogens with one attached hydrogen (secondary N) is 1. The summed E-state index contributed by atoms with van der Waals surface area (Å²) in [5.41, 5.74) is 3.99. The van der Waals surface area contributed by atoms with E-state index in [2.05, 4.69) is 5.32 Å². The summed E-state index contributed by atoms with van der Waals surface area (Å²) in [4.78, 5) is 12.6. The third kappa shape index (κ3) is 3.78. The van der Waals surface area contributed by atoms with E-state index in [1.807, 2.05) is 48.5 Å². The van der Waals surface area contributed by atoms with Gasteiger partial charge in [-0.1, -0.05) is 36.4 Å². The highest BCUT2D eigenvalue weighted by Crippen LogP contribution is 2.28. The van der Waals surface area contributed by atoms with Crippen molar-refractivity contribution in [3.05, 3.63) is 65.2 Å². The summed E-state index contributed by atoms with van der Waals surface area (Å²) < 4.78 is 5.69. The molecule has 1 aliphatic heterocycles. The molecule has 1 unspecified atom stereocenters. The Hall–Kier alpha value is -2.17. The predicted octanol–water partition coefficient (Wildman–Crippen LogP) is 2.86. The molecule has 4 nitrogen and oxygen atoms in total. The van der Waals surface area contributed by atoms with E-state index in [1.165, 1.54) is 5.56 Å². The number of aliphatic hydroxyl groups excluding tert-OH is 1. The SMILES string of the molecule is O=C(Nc1cccc(CCCO)c1)C1OCCc2ccccc21. The summed E-state index contributed by atoms with van der Waals surface area (Å²) in [6.07, 6.45) is 1.80. The Morgan fingerprint density at radius 2 is 2.09 bits per heavy atom. The second kappa shape index (κ2) is 7.40. The van der Waals surface area contributed by atoms with E-state index in [-0.39, 0.29) is 12.5 Å². The van der Waals surface area contributed by atoms with Crippen molar-refractivity contribution in [1.82, 2.24) is 0 Å². The van der Waals surface area contributed by atoms with Gasteiger partial charge >= 0.3 is 0 Å². The van der Waals surface area contributed by atoms with Crippen LogP contribution in [0.25, 0.3) is 0 Å². The zero-order valence-electron chi connectivity index (χ0n) is 13.0. The molecule has 1 atom stereocenters. The van der Waals surface area contributed by atoms with Gasteiger partial charge in [0.2, 0.25) is 0 Å². The number of hydrogen-bond acceptors (Lipinski definition) is 3. The van der Waals surface area contributed by atoms with Crippen LogP contribution in [0.4, 0.5) is 5.69 Å². The first-order chi connectivity index (χ1) is 11.3. The van der Waals surface area contributed by atoms with Crippen molar-refractivity contribution in [3.63, 3.8) is 0 Å². The van der Waals surface area contributed by atoms with Gasteiger partial charge in [0.05, 0.1) is 6.61 Å². The first-order valence-corrected chi connectivity index (χ1v) is 7.98. The van der Waals surface area contributed by atoms with E-state index in [9.17, 15) is 4.79 Å². The van der Waals surface area contributed by atoms with Gasteiger partial charge in [0.1, 0.15) is 0 Å². The molecule has 0 aliphatic carbocycles. The topological polar surface area (TPSA) is 58.6 Å². The number of carbonyl (C=O) groups excluding carboxylic acids is 1. The lowest BCUT2D eigenvalue weighted by molar-refractivity contribution is -0.128. The van der Waals surface area contributed by atoms with Gasteiger partial charge in [0.15, 0.2) is 6.10 Å². The highest BCUT2D eigenvalue weighted by Gasteiger charge is 2.27. The summed E-state index contributed by atoms with van der Waals surface area (Å²) in [5.74, 6) is -0.142. The van der Waals surface area contributed by atoms with Crippen LogP contribution in [0.3, 0.4) is 0 Å². The zero-order valence-corrected chi connectivity index (χ0v) is 13.0. The molecule has 0 fully saturated rings. The van der Waals surface area contributed by atoms with Crippen LogP contribution in [0, 0.1) is 0 Å². The highest BCUT2D eigenvalue weighted by atomic mass is 16.5. The summed E-state index contributed by atoms with van der Waals surface area (Å²) in [5, 5.41) is 11.9. The summed E-state index contributed by atoms with van der Waals surface area (Å²) >= 11 is 0. The quantitative estimate of drug-likeness (QED) is 0.892. The molecule has 2 aromatic rings. The normalized spacial score (nSPS) is 16.7. The Morgan fingerprint density at radius 1 is 1.22 bits per heavy atom. The van der Waals surface area contributed by atoms with Crippen molar-refractivity contribution in [1.29, 1.82) is 0 Å². The number of benzene rings is 2. The second-order valence-electron chi connectivity index (χ2n) is 5.72. The van der Waals surface area contributed by atoms with Gasteiger partial charge in [-0.2, -0.15) is 0 Å². The summed E-state index contributed by atoms with van der Waals surface area (Å²) in [6, 6.07) is 15.7. The second-order valence-corrected chi connectivity index (χ2v) is 5.72. The van der Waals surface area contributed by atoms with Crippen molar-refractivity contribution < 1.29 is 14.6 Å². The van der Waals surface area contributed by atoms with Crippen LogP contribution in [0.2, 0.25) is 0 Å². The summed E-state index contributed by atoms with van der Waals surface area (Å²) in [6.45, 7) is 0.731. The van der Waals surface area contributed by atoms with Crippen molar-refractivity contribution in [3.8, 4) is 0 Å². The number of anilines is 1. The molecule has 0 aromatic heterocycles. The lowest BCUT2D eigenvalue weighted by atomic mass is 9.97. The lowest BCUT2D eigenvalue weighted by Crippen LogP contribution is -2.28. The average Bonchev–Trinajstić information content (AvgIpc) is 2.59. The van der Waals surface area contributed by atoms with Gasteiger partial charge in [-0.3, -0.25) is 4.79 Å². The number of aryl methyl sites for hydroxylation is 1. The molecule has 2 N–H and O–H groups in total. The standard InChI is InChI=1S/C19H21NO3/c21-11-4-6-14-5-3-8-16(13-14)20-19(22)18-17-9-2-1-7-15(17)10-12-23-18/h1-3,5,7-9,13,18,21H,4,6,10-12H2,(H,20,22). The number of amides is 1. The van der Waals surface area contributed by atoms with Gasteiger partial charge < -0.3 is 15.2 Å². The number of hydrogen-bond donors (Lipinski definition) is 2. The van der Waals surface area contributed by atoms with Crippen molar-refractivity contribution in [2.75, 3.05) is 18.5 Å². The molecular formula is C19H21NO3. The molecule has 0 saturated carbocycles. The zero-order chi connectivity index (χ0) is 16.1. The fraction of sp³-hybridized carbons (Fsp3) is 0.316. The smallest absolute Gasteiger partial charge is 0.258 e. The average molecular weight is 311 g/mol. The molecule has 1 aliphatic rings. The van der Waals surface area contributed by atoms with Crippen LogP contribution in [-0.4, -0.2) is 24.2 Å². The maximum atomic E-state index is 12.6. The Bertz CT molecular complexity index is 684. The van der Waals surface area contributed by atoms with Gasteiger partial charge in [0, 0.05) is 12.3 Å². The molecule has 3 rings (SSSR count). The van der Waals surface area contributed by atoms with Crippen LogP contribution in [0.15, 0.2) is 48.5 Å². The summed E-state index contributed by atoms with van der Waals surface area (Å²) in [7, 11) is 0. The molecule has 0 bridgehead atoms. The van der Waals surface area contributed by atoms with Crippen molar-refractivity contribution in [2.24, 2.45) is 0 Å². The van der Waals surface area contributed by atoms with Crippen LogP contribution >= 0.6 is 0 Å². The van der Waals surface area contributed by atoms with Crippen molar-refractivity contribution in [2.45, 2.75) is 25.4 Å². The molecule has 2 aromatic carbocycles. The fourth-order valence-electron chi connectivity index (χ4n) is 2.91. The Balaban J connectivity index is 1.73. The number of fused-ring (bicyclic) bond motifs is 1. The number of rotatable bonds is 5. The molecule has 0 radical (unpaired) electrons. The van der Waals surface area contributed by atoms with Crippen LogP contribution in [-0.2, 0) is 22.4 Å². The predicted molar refractivity (Wildman–Crippen MR) is 89.3 cm³/mol. The van der Waals surface area contributed by atoms with E-state index in [4.69, 9.17) is 9.84 Å². The molecular weight excluding hydrogens is 290 g/mol. The van der Waals surface area contributed by atoms with Crippen molar-refractivity contribution >= 4 is 11.6 Å². The minimum absolute atomic E-state index is 0.142. The Labute approximate surface area is 136 Å². The Morgan fingerprint density at radius 3 is 2.96 bits per heavy atom. The third-order valence-corrected chi connectivity index (χ3v) is 4.05. The van der Waals surface area contributed by atoms with Gasteiger partial charge in [-0.25, -0.2) is 0 Å². The van der Waals surface area contributed by atoms with Crippen LogP contribution < -0.4 is 5.32 Å². The molecule has 23 heavy (non-hydrogen) atoms. The van der Waals surface area contributed by atoms with E-state index < -0.39 is 6.10 Å². The Kier molecular flexibility index (Phi) is 5.05. The molecule has 0 saturated heterocycles. The fourth-order valence-corrected chi connectivity index (χ4v) is 2.91. The van der Waals surface area contributed by atoms with Crippen LogP contribution in [0.5, 0.6) is 0 Å². The van der Waals surface area contributed by atoms with Gasteiger partial charge in [0.25, 0.3) is 5.91 Å². The first-order valence-electron chi connectivity index (χ1n) is 7.98. The number of carbonyl (C=O) groups is 1. The van der Waals surface area contributed by atoms with Crippen LogP contribution in [0.1, 0.15) is 29.2 Å². The minimum Gasteiger partial charge on any atom is -0.396 e. The van der Waals surface area contributed by atoms with Gasteiger partial charge in [-0.05, 0) is 48.1 Å². The number of ether oxygens (including phenoxy) is 1.